The maximum atomic E-state index is 12.4. The fraction of sp³-hybridized carbons (Fsp3) is 0.667. The van der Waals surface area contributed by atoms with Crippen molar-refractivity contribution < 1.29 is 8.42 Å². The van der Waals surface area contributed by atoms with E-state index in [2.05, 4.69) is 4.98 Å². The van der Waals surface area contributed by atoms with Crippen molar-refractivity contribution in [1.29, 1.82) is 0 Å². The second kappa shape index (κ2) is 4.75. The molecule has 2 heterocycles. The van der Waals surface area contributed by atoms with E-state index in [9.17, 15) is 8.42 Å². The molecule has 0 radical (unpaired) electrons. The first kappa shape index (κ1) is 13.1. The van der Waals surface area contributed by atoms with Gasteiger partial charge in [0.2, 0.25) is 0 Å². The maximum Gasteiger partial charge on any atom is 0.254 e. The molecule has 2 rings (SSSR count). The monoisotopic (exact) mass is 293 g/mol. The second-order valence-electron chi connectivity index (χ2n) is 3.96. The Morgan fingerprint density at radius 1 is 1.53 bits per heavy atom. The molecule has 2 N–H and O–H groups in total. The number of hydrogen-bond acceptors (Lipinski definition) is 6. The third-order valence-electron chi connectivity index (χ3n) is 2.80. The zero-order chi connectivity index (χ0) is 12.6. The standard InChI is InChI=1S/C9H15N3O2S3/c1-6-8(16-9(10)11-6)17(13,14)12(2)7-3-4-15-5-7/h7H,3-5H2,1-2H3,(H2,10,11). The number of nitrogen functional groups attached to an aromatic ring is 1. The smallest absolute Gasteiger partial charge is 0.254 e. The normalized spacial score (nSPS) is 21.2. The van der Waals surface area contributed by atoms with Crippen LogP contribution in [0.25, 0.3) is 0 Å². The van der Waals surface area contributed by atoms with Gasteiger partial charge in [-0.15, -0.1) is 0 Å². The van der Waals surface area contributed by atoms with Crippen LogP contribution in [0.5, 0.6) is 0 Å². The van der Waals surface area contributed by atoms with Gasteiger partial charge in [-0.05, 0) is 19.1 Å². The van der Waals surface area contributed by atoms with Crippen LogP contribution >= 0.6 is 23.1 Å². The van der Waals surface area contributed by atoms with E-state index in [4.69, 9.17) is 5.73 Å². The maximum absolute atomic E-state index is 12.4. The van der Waals surface area contributed by atoms with Crippen molar-refractivity contribution in [2.24, 2.45) is 0 Å². The molecule has 17 heavy (non-hydrogen) atoms. The molecule has 0 spiro atoms. The Labute approximate surface area is 109 Å². The molecule has 1 aromatic heterocycles. The molecule has 1 aromatic rings. The summed E-state index contributed by atoms with van der Waals surface area (Å²) in [6.07, 6.45) is 0.910. The summed E-state index contributed by atoms with van der Waals surface area (Å²) in [5, 5.41) is 0.301. The molecule has 0 aromatic carbocycles. The highest BCUT2D eigenvalue weighted by atomic mass is 32.2. The van der Waals surface area contributed by atoms with Crippen molar-refractivity contribution in [3.05, 3.63) is 5.69 Å². The summed E-state index contributed by atoms with van der Waals surface area (Å²) in [5.41, 5.74) is 6.04. The summed E-state index contributed by atoms with van der Waals surface area (Å²) in [4.78, 5) is 3.97. The van der Waals surface area contributed by atoms with E-state index < -0.39 is 10.0 Å². The number of hydrogen-bond donors (Lipinski definition) is 1. The van der Waals surface area contributed by atoms with Gasteiger partial charge in [0, 0.05) is 18.8 Å². The first-order valence-corrected chi connectivity index (χ1v) is 8.62. The lowest BCUT2D eigenvalue weighted by atomic mass is 10.3. The van der Waals surface area contributed by atoms with Crippen LogP contribution in [0.2, 0.25) is 0 Å². The van der Waals surface area contributed by atoms with Gasteiger partial charge in [-0.1, -0.05) is 11.3 Å². The Morgan fingerprint density at radius 2 is 2.24 bits per heavy atom. The molecule has 1 unspecified atom stereocenters. The Kier molecular flexibility index (Phi) is 3.67. The van der Waals surface area contributed by atoms with E-state index in [1.807, 2.05) is 0 Å². The minimum absolute atomic E-state index is 0.0905. The Bertz CT molecular complexity index is 506. The van der Waals surface area contributed by atoms with Crippen LogP contribution < -0.4 is 5.73 Å². The lowest BCUT2D eigenvalue weighted by molar-refractivity contribution is 0.395. The molecule has 1 saturated heterocycles. The Balaban J connectivity index is 2.32. The predicted molar refractivity (Wildman–Crippen MR) is 71.9 cm³/mol. The molecule has 1 aliphatic heterocycles. The molecule has 0 saturated carbocycles. The van der Waals surface area contributed by atoms with Gasteiger partial charge in [-0.25, -0.2) is 13.4 Å². The van der Waals surface area contributed by atoms with Gasteiger partial charge in [-0.2, -0.15) is 16.1 Å². The molecule has 8 heteroatoms. The van der Waals surface area contributed by atoms with E-state index in [0.29, 0.717) is 10.8 Å². The average molecular weight is 293 g/mol. The first-order chi connectivity index (χ1) is 7.93. The van der Waals surface area contributed by atoms with Crippen molar-refractivity contribution >= 4 is 38.3 Å². The summed E-state index contributed by atoms with van der Waals surface area (Å²) in [6.45, 7) is 1.68. The zero-order valence-corrected chi connectivity index (χ0v) is 12.2. The summed E-state index contributed by atoms with van der Waals surface area (Å²) in [6, 6.07) is 0.0905. The average Bonchev–Trinajstić information content (AvgIpc) is 2.86. The summed E-state index contributed by atoms with van der Waals surface area (Å²) in [7, 11) is -1.80. The quantitative estimate of drug-likeness (QED) is 0.905. The van der Waals surface area contributed by atoms with Crippen LogP contribution in [0.15, 0.2) is 4.21 Å². The number of aryl methyl sites for hydroxylation is 1. The number of sulfonamides is 1. The number of aromatic nitrogens is 1. The number of nitrogens with two attached hydrogens (primary N) is 1. The van der Waals surface area contributed by atoms with E-state index in [1.54, 1.807) is 25.7 Å². The van der Waals surface area contributed by atoms with Crippen molar-refractivity contribution in [3.8, 4) is 0 Å². The second-order valence-corrected chi connectivity index (χ2v) is 8.34. The van der Waals surface area contributed by atoms with Crippen molar-refractivity contribution in [1.82, 2.24) is 9.29 Å². The first-order valence-electron chi connectivity index (χ1n) is 5.21. The van der Waals surface area contributed by atoms with Gasteiger partial charge in [-0.3, -0.25) is 0 Å². The van der Waals surface area contributed by atoms with Gasteiger partial charge >= 0.3 is 0 Å². The number of thioether (sulfide) groups is 1. The lowest BCUT2D eigenvalue weighted by Gasteiger charge is -2.22. The third kappa shape index (κ3) is 2.44. The van der Waals surface area contributed by atoms with Gasteiger partial charge in [0.25, 0.3) is 10.0 Å². The fourth-order valence-electron chi connectivity index (χ4n) is 1.78. The van der Waals surface area contributed by atoms with Crippen LogP contribution in [0.4, 0.5) is 5.13 Å². The van der Waals surface area contributed by atoms with Crippen molar-refractivity contribution in [2.45, 2.75) is 23.6 Å². The molecular formula is C9H15N3O2S3. The highest BCUT2D eigenvalue weighted by Crippen LogP contribution is 2.31. The van der Waals surface area contributed by atoms with E-state index in [0.717, 1.165) is 29.3 Å². The fourth-order valence-corrected chi connectivity index (χ4v) is 5.99. The minimum Gasteiger partial charge on any atom is -0.375 e. The number of thiazole rings is 1. The van der Waals surface area contributed by atoms with E-state index >= 15 is 0 Å². The largest absolute Gasteiger partial charge is 0.375 e. The molecule has 5 nitrogen and oxygen atoms in total. The van der Waals surface area contributed by atoms with Gasteiger partial charge < -0.3 is 5.73 Å². The van der Waals surface area contributed by atoms with Crippen LogP contribution in [0.3, 0.4) is 0 Å². The molecule has 0 amide bonds. The van der Waals surface area contributed by atoms with Crippen LogP contribution in [0, 0.1) is 6.92 Å². The van der Waals surface area contributed by atoms with Gasteiger partial charge in [0.15, 0.2) is 9.34 Å². The summed E-state index contributed by atoms with van der Waals surface area (Å²) < 4.78 is 26.5. The Morgan fingerprint density at radius 3 is 2.71 bits per heavy atom. The summed E-state index contributed by atoms with van der Waals surface area (Å²) >= 11 is 2.83. The van der Waals surface area contributed by atoms with Crippen molar-refractivity contribution in [2.75, 3.05) is 24.3 Å². The zero-order valence-electron chi connectivity index (χ0n) is 9.71. The van der Waals surface area contributed by atoms with Crippen molar-refractivity contribution in [3.63, 3.8) is 0 Å². The molecule has 96 valence electrons. The van der Waals surface area contributed by atoms with Gasteiger partial charge in [0.05, 0.1) is 5.69 Å². The number of rotatable bonds is 3. The van der Waals surface area contributed by atoms with Crippen LogP contribution in [-0.4, -0.2) is 42.3 Å². The number of nitrogens with zero attached hydrogens (tertiary/aromatic N) is 2. The highest BCUT2D eigenvalue weighted by molar-refractivity contribution is 7.99. The van der Waals surface area contributed by atoms with E-state index in [-0.39, 0.29) is 10.3 Å². The molecular weight excluding hydrogens is 278 g/mol. The SMILES string of the molecule is Cc1nc(N)sc1S(=O)(=O)N(C)C1CCSC1. The topological polar surface area (TPSA) is 76.3 Å². The molecule has 1 aliphatic rings. The third-order valence-corrected chi connectivity index (χ3v) is 7.43. The number of anilines is 1. The molecule has 0 bridgehead atoms. The minimum atomic E-state index is -3.44. The highest BCUT2D eigenvalue weighted by Gasteiger charge is 2.33. The lowest BCUT2D eigenvalue weighted by Crippen LogP contribution is -2.36. The van der Waals surface area contributed by atoms with E-state index in [1.165, 1.54) is 4.31 Å². The molecule has 1 fully saturated rings. The molecule has 1 atom stereocenters. The van der Waals surface area contributed by atoms with Gasteiger partial charge in [0.1, 0.15) is 0 Å². The summed E-state index contributed by atoms with van der Waals surface area (Å²) in [5.74, 6) is 1.89. The molecule has 0 aliphatic carbocycles. The Hall–Kier alpha value is -0.310. The van der Waals surface area contributed by atoms with Crippen LogP contribution in [-0.2, 0) is 10.0 Å². The predicted octanol–water partition coefficient (Wildman–Crippen LogP) is 1.16. The van der Waals surface area contributed by atoms with Crippen LogP contribution in [0.1, 0.15) is 12.1 Å².